The molecule has 0 aromatic heterocycles. The maximum atomic E-state index is 12.0. The van der Waals surface area contributed by atoms with Gasteiger partial charge in [-0.2, -0.15) is 0 Å². The van der Waals surface area contributed by atoms with Crippen LogP contribution in [0.1, 0.15) is 37.8 Å². The highest BCUT2D eigenvalue weighted by Gasteiger charge is 2.18. The smallest absolute Gasteiger partial charge is 0.220 e. The van der Waals surface area contributed by atoms with Crippen LogP contribution in [0.5, 0.6) is 0 Å². The summed E-state index contributed by atoms with van der Waals surface area (Å²) >= 11 is 5.86. The van der Waals surface area contributed by atoms with Gasteiger partial charge in [0.25, 0.3) is 0 Å². The zero-order valence-corrected chi connectivity index (χ0v) is 12.0. The van der Waals surface area contributed by atoms with Crippen molar-refractivity contribution in [1.82, 2.24) is 10.6 Å². The zero-order valence-electron chi connectivity index (χ0n) is 11.3. The van der Waals surface area contributed by atoms with Gasteiger partial charge in [0, 0.05) is 11.4 Å². The molecule has 1 aromatic rings. The number of hydrogen-bond acceptors (Lipinski definition) is 2. The SMILES string of the molecule is C[C@H](NC(=O)CC1CCCNC1)c1ccc(Cl)cc1. The number of amides is 1. The predicted molar refractivity (Wildman–Crippen MR) is 78.2 cm³/mol. The Bertz CT molecular complexity index is 413. The number of halogens is 1. The molecule has 3 nitrogen and oxygen atoms in total. The molecule has 1 heterocycles. The number of carbonyl (C=O) groups is 1. The van der Waals surface area contributed by atoms with Crippen LogP contribution >= 0.6 is 11.6 Å². The summed E-state index contributed by atoms with van der Waals surface area (Å²) in [5, 5.41) is 7.11. The number of carbonyl (C=O) groups excluding carboxylic acids is 1. The van der Waals surface area contributed by atoms with E-state index in [1.54, 1.807) is 0 Å². The van der Waals surface area contributed by atoms with Crippen LogP contribution in [0.25, 0.3) is 0 Å². The molecule has 2 atom stereocenters. The first kappa shape index (κ1) is 14.4. The summed E-state index contributed by atoms with van der Waals surface area (Å²) < 4.78 is 0. The molecule has 0 radical (unpaired) electrons. The van der Waals surface area contributed by atoms with Crippen LogP contribution in [0, 0.1) is 5.92 Å². The second-order valence-electron chi connectivity index (χ2n) is 5.26. The molecule has 19 heavy (non-hydrogen) atoms. The maximum absolute atomic E-state index is 12.0. The summed E-state index contributed by atoms with van der Waals surface area (Å²) in [7, 11) is 0. The van der Waals surface area contributed by atoms with Gasteiger partial charge in [0.15, 0.2) is 0 Å². The van der Waals surface area contributed by atoms with Gasteiger partial charge in [-0.05, 0) is 56.5 Å². The lowest BCUT2D eigenvalue weighted by Gasteiger charge is -2.23. The summed E-state index contributed by atoms with van der Waals surface area (Å²) in [5.74, 6) is 0.613. The number of benzene rings is 1. The van der Waals surface area contributed by atoms with Crippen molar-refractivity contribution in [2.75, 3.05) is 13.1 Å². The van der Waals surface area contributed by atoms with Gasteiger partial charge in [-0.1, -0.05) is 23.7 Å². The molecule has 104 valence electrons. The lowest BCUT2D eigenvalue weighted by Crippen LogP contribution is -2.35. The number of hydrogen-bond donors (Lipinski definition) is 2. The molecule has 0 saturated carbocycles. The quantitative estimate of drug-likeness (QED) is 0.890. The summed E-state index contributed by atoms with van der Waals surface area (Å²) in [6.07, 6.45) is 2.94. The first-order chi connectivity index (χ1) is 9.15. The van der Waals surface area contributed by atoms with Crippen molar-refractivity contribution in [2.45, 2.75) is 32.2 Å². The average molecular weight is 281 g/mol. The van der Waals surface area contributed by atoms with Gasteiger partial charge in [0.2, 0.25) is 5.91 Å². The lowest BCUT2D eigenvalue weighted by molar-refractivity contribution is -0.122. The van der Waals surface area contributed by atoms with Crippen LogP contribution in [0.15, 0.2) is 24.3 Å². The molecule has 0 spiro atoms. The molecule has 2 rings (SSSR count). The Morgan fingerprint density at radius 3 is 2.84 bits per heavy atom. The van der Waals surface area contributed by atoms with Gasteiger partial charge in [0.05, 0.1) is 6.04 Å². The number of rotatable bonds is 4. The highest BCUT2D eigenvalue weighted by atomic mass is 35.5. The van der Waals surface area contributed by atoms with Gasteiger partial charge in [-0.3, -0.25) is 4.79 Å². The van der Waals surface area contributed by atoms with E-state index in [9.17, 15) is 4.79 Å². The van der Waals surface area contributed by atoms with E-state index in [2.05, 4.69) is 10.6 Å². The van der Waals surface area contributed by atoms with Crippen molar-refractivity contribution in [3.8, 4) is 0 Å². The first-order valence-corrected chi connectivity index (χ1v) is 7.28. The van der Waals surface area contributed by atoms with Crippen LogP contribution < -0.4 is 10.6 Å². The molecule has 0 bridgehead atoms. The Balaban J connectivity index is 1.82. The first-order valence-electron chi connectivity index (χ1n) is 6.90. The van der Waals surface area contributed by atoms with Gasteiger partial charge < -0.3 is 10.6 Å². The van der Waals surface area contributed by atoms with Crippen LogP contribution in [0.2, 0.25) is 5.02 Å². The minimum Gasteiger partial charge on any atom is -0.350 e. The molecule has 0 aliphatic carbocycles. The largest absolute Gasteiger partial charge is 0.350 e. The number of piperidine rings is 1. The highest BCUT2D eigenvalue weighted by molar-refractivity contribution is 6.30. The standard InChI is InChI=1S/C15H21ClN2O/c1-11(13-4-6-14(16)7-5-13)18-15(19)9-12-3-2-8-17-10-12/h4-7,11-12,17H,2-3,8-10H2,1H3,(H,18,19)/t11-,12?/m0/s1. The summed E-state index contributed by atoms with van der Waals surface area (Å²) in [4.78, 5) is 12.0. The monoisotopic (exact) mass is 280 g/mol. The third-order valence-electron chi connectivity index (χ3n) is 3.62. The Hall–Kier alpha value is -1.06. The van der Waals surface area contributed by atoms with E-state index in [0.717, 1.165) is 30.1 Å². The van der Waals surface area contributed by atoms with Crippen molar-refractivity contribution in [1.29, 1.82) is 0 Å². The summed E-state index contributed by atoms with van der Waals surface area (Å²) in [6.45, 7) is 4.04. The number of nitrogens with one attached hydrogen (secondary N) is 2. The third kappa shape index (κ3) is 4.51. The molecule has 1 fully saturated rings. The Labute approximate surface area is 119 Å². The van der Waals surface area contributed by atoms with E-state index >= 15 is 0 Å². The average Bonchev–Trinajstić information content (AvgIpc) is 2.40. The fourth-order valence-electron chi connectivity index (χ4n) is 2.50. The van der Waals surface area contributed by atoms with Crippen LogP contribution in [-0.2, 0) is 4.79 Å². The Morgan fingerprint density at radius 2 is 2.21 bits per heavy atom. The Kier molecular flexibility index (Phi) is 5.23. The normalized spacial score (nSPS) is 20.8. The molecule has 1 aliphatic heterocycles. The van der Waals surface area contributed by atoms with E-state index in [1.165, 1.54) is 6.42 Å². The minimum atomic E-state index is 0.0290. The molecule has 2 N–H and O–H groups in total. The lowest BCUT2D eigenvalue weighted by atomic mass is 9.95. The van der Waals surface area contributed by atoms with Crippen LogP contribution in [0.4, 0.5) is 0 Å². The molecular weight excluding hydrogens is 260 g/mol. The van der Waals surface area contributed by atoms with E-state index in [1.807, 2.05) is 31.2 Å². The second-order valence-corrected chi connectivity index (χ2v) is 5.69. The van der Waals surface area contributed by atoms with Crippen LogP contribution in [-0.4, -0.2) is 19.0 Å². The molecular formula is C15H21ClN2O. The summed E-state index contributed by atoms with van der Waals surface area (Å²) in [5.41, 5.74) is 1.08. The van der Waals surface area contributed by atoms with Crippen molar-refractivity contribution in [3.63, 3.8) is 0 Å². The van der Waals surface area contributed by atoms with Crippen molar-refractivity contribution >= 4 is 17.5 Å². The summed E-state index contributed by atoms with van der Waals surface area (Å²) in [6, 6.07) is 7.64. The zero-order chi connectivity index (χ0) is 13.7. The van der Waals surface area contributed by atoms with Gasteiger partial charge in [0.1, 0.15) is 0 Å². The van der Waals surface area contributed by atoms with Gasteiger partial charge in [-0.15, -0.1) is 0 Å². The van der Waals surface area contributed by atoms with Gasteiger partial charge in [-0.25, -0.2) is 0 Å². The van der Waals surface area contributed by atoms with Gasteiger partial charge >= 0.3 is 0 Å². The maximum Gasteiger partial charge on any atom is 0.220 e. The van der Waals surface area contributed by atoms with Crippen molar-refractivity contribution in [2.24, 2.45) is 5.92 Å². The topological polar surface area (TPSA) is 41.1 Å². The highest BCUT2D eigenvalue weighted by Crippen LogP contribution is 2.18. The fourth-order valence-corrected chi connectivity index (χ4v) is 2.62. The third-order valence-corrected chi connectivity index (χ3v) is 3.87. The van der Waals surface area contributed by atoms with E-state index < -0.39 is 0 Å². The minimum absolute atomic E-state index is 0.0290. The second kappa shape index (κ2) is 6.92. The Morgan fingerprint density at radius 1 is 1.47 bits per heavy atom. The molecule has 4 heteroatoms. The molecule has 1 saturated heterocycles. The predicted octanol–water partition coefficient (Wildman–Crippen LogP) is 2.91. The van der Waals surface area contributed by atoms with Crippen LogP contribution in [0.3, 0.4) is 0 Å². The fraction of sp³-hybridized carbons (Fsp3) is 0.533. The molecule has 1 aromatic carbocycles. The van der Waals surface area contributed by atoms with Crippen molar-refractivity contribution in [3.05, 3.63) is 34.9 Å². The van der Waals surface area contributed by atoms with E-state index in [4.69, 9.17) is 11.6 Å². The molecule has 1 amide bonds. The molecule has 1 aliphatic rings. The van der Waals surface area contributed by atoms with E-state index in [-0.39, 0.29) is 11.9 Å². The molecule has 1 unspecified atom stereocenters. The van der Waals surface area contributed by atoms with E-state index in [0.29, 0.717) is 12.3 Å². The van der Waals surface area contributed by atoms with Crippen molar-refractivity contribution < 1.29 is 4.79 Å².